The van der Waals surface area contributed by atoms with E-state index in [0.29, 0.717) is 6.42 Å². The molecule has 0 radical (unpaired) electrons. The highest BCUT2D eigenvalue weighted by Gasteiger charge is 2.13. The highest BCUT2D eigenvalue weighted by atomic mass is 79.9. The van der Waals surface area contributed by atoms with Crippen molar-refractivity contribution in [2.45, 2.75) is 46.0 Å². The molecule has 23 heavy (non-hydrogen) atoms. The van der Waals surface area contributed by atoms with Crippen LogP contribution in [0, 0.1) is 6.92 Å². The SMILES string of the molecule is Cc1cc(NC(=O)CCc2ccc(C(C)(C)C)cc2)ccc1Br. The van der Waals surface area contributed by atoms with Crippen molar-refractivity contribution in [1.29, 1.82) is 0 Å². The molecular formula is C20H24BrNO. The summed E-state index contributed by atoms with van der Waals surface area (Å²) in [5.74, 6) is 0.0478. The number of anilines is 1. The molecule has 3 heteroatoms. The molecule has 2 aromatic carbocycles. The monoisotopic (exact) mass is 373 g/mol. The predicted octanol–water partition coefficient (Wildman–Crippen LogP) is 5.63. The van der Waals surface area contributed by atoms with Gasteiger partial charge in [-0.3, -0.25) is 4.79 Å². The number of benzene rings is 2. The van der Waals surface area contributed by atoms with Crippen molar-refractivity contribution in [3.63, 3.8) is 0 Å². The van der Waals surface area contributed by atoms with Crippen LogP contribution in [0.15, 0.2) is 46.9 Å². The molecule has 0 saturated heterocycles. The lowest BCUT2D eigenvalue weighted by Crippen LogP contribution is -2.13. The van der Waals surface area contributed by atoms with Gasteiger partial charge in [0, 0.05) is 16.6 Å². The van der Waals surface area contributed by atoms with Crippen LogP contribution in [-0.4, -0.2) is 5.91 Å². The first-order valence-corrected chi connectivity index (χ1v) is 8.70. The van der Waals surface area contributed by atoms with Gasteiger partial charge in [0.05, 0.1) is 0 Å². The minimum Gasteiger partial charge on any atom is -0.326 e. The van der Waals surface area contributed by atoms with Gasteiger partial charge in [0.2, 0.25) is 5.91 Å². The summed E-state index contributed by atoms with van der Waals surface area (Å²) < 4.78 is 1.05. The molecule has 1 amide bonds. The zero-order chi connectivity index (χ0) is 17.0. The van der Waals surface area contributed by atoms with E-state index in [9.17, 15) is 4.79 Å². The summed E-state index contributed by atoms with van der Waals surface area (Å²) in [6.45, 7) is 8.62. The molecule has 2 aromatic rings. The Morgan fingerprint density at radius 2 is 1.74 bits per heavy atom. The van der Waals surface area contributed by atoms with E-state index < -0.39 is 0 Å². The molecule has 0 saturated carbocycles. The third-order valence-corrected chi connectivity index (χ3v) is 4.79. The number of hydrogen-bond donors (Lipinski definition) is 1. The second kappa shape index (κ2) is 7.31. The largest absolute Gasteiger partial charge is 0.326 e. The van der Waals surface area contributed by atoms with Crippen molar-refractivity contribution in [1.82, 2.24) is 0 Å². The van der Waals surface area contributed by atoms with Gasteiger partial charge in [-0.25, -0.2) is 0 Å². The van der Waals surface area contributed by atoms with E-state index in [1.807, 2.05) is 25.1 Å². The Morgan fingerprint density at radius 1 is 1.09 bits per heavy atom. The van der Waals surface area contributed by atoms with Crippen molar-refractivity contribution in [2.24, 2.45) is 0 Å². The predicted molar refractivity (Wildman–Crippen MR) is 101 cm³/mol. The van der Waals surface area contributed by atoms with Crippen LogP contribution >= 0.6 is 15.9 Å². The number of nitrogens with one attached hydrogen (secondary N) is 1. The maximum absolute atomic E-state index is 12.1. The fourth-order valence-corrected chi connectivity index (χ4v) is 2.62. The van der Waals surface area contributed by atoms with E-state index in [-0.39, 0.29) is 11.3 Å². The molecule has 0 atom stereocenters. The van der Waals surface area contributed by atoms with Crippen molar-refractivity contribution < 1.29 is 4.79 Å². The van der Waals surface area contributed by atoms with Gasteiger partial charge < -0.3 is 5.32 Å². The summed E-state index contributed by atoms with van der Waals surface area (Å²) in [5.41, 5.74) is 4.63. The standard InChI is InChI=1S/C20H24BrNO/c1-14-13-17(10-11-18(14)21)22-19(23)12-7-15-5-8-16(9-6-15)20(2,3)4/h5-6,8-11,13H,7,12H2,1-4H3,(H,22,23). The van der Waals surface area contributed by atoms with Crippen LogP contribution in [0.4, 0.5) is 5.69 Å². The van der Waals surface area contributed by atoms with Crippen LogP contribution in [0.1, 0.15) is 43.9 Å². The minimum absolute atomic E-state index is 0.0478. The summed E-state index contributed by atoms with van der Waals surface area (Å²) >= 11 is 3.46. The first-order valence-electron chi connectivity index (χ1n) is 7.91. The average molecular weight is 374 g/mol. The van der Waals surface area contributed by atoms with Crippen LogP contribution in [0.3, 0.4) is 0 Å². The molecule has 0 aliphatic carbocycles. The average Bonchev–Trinajstić information content (AvgIpc) is 2.48. The van der Waals surface area contributed by atoms with E-state index >= 15 is 0 Å². The molecule has 1 N–H and O–H groups in total. The topological polar surface area (TPSA) is 29.1 Å². The zero-order valence-corrected chi connectivity index (χ0v) is 15.8. The third kappa shape index (κ3) is 5.21. The van der Waals surface area contributed by atoms with Gasteiger partial charge in [-0.15, -0.1) is 0 Å². The Labute approximate surface area is 147 Å². The third-order valence-electron chi connectivity index (χ3n) is 3.90. The number of amides is 1. The summed E-state index contributed by atoms with van der Waals surface area (Å²) in [4.78, 5) is 12.1. The second-order valence-corrected chi connectivity index (χ2v) is 7.81. The first kappa shape index (κ1) is 17.7. The Hall–Kier alpha value is -1.61. The van der Waals surface area contributed by atoms with Gasteiger partial charge in [-0.2, -0.15) is 0 Å². The molecular weight excluding hydrogens is 350 g/mol. The summed E-state index contributed by atoms with van der Waals surface area (Å²) in [6, 6.07) is 14.4. The zero-order valence-electron chi connectivity index (χ0n) is 14.2. The van der Waals surface area contributed by atoms with Gasteiger partial charge in [-0.05, 0) is 53.6 Å². The molecule has 0 aliphatic rings. The van der Waals surface area contributed by atoms with Crippen molar-refractivity contribution in [3.05, 3.63) is 63.6 Å². The van der Waals surface area contributed by atoms with Gasteiger partial charge in [0.25, 0.3) is 0 Å². The normalized spacial score (nSPS) is 11.3. The number of rotatable bonds is 4. The lowest BCUT2D eigenvalue weighted by Gasteiger charge is -2.19. The minimum atomic E-state index is 0.0478. The van der Waals surface area contributed by atoms with Gasteiger partial charge in [0.15, 0.2) is 0 Å². The number of hydrogen-bond acceptors (Lipinski definition) is 1. The molecule has 0 bridgehead atoms. The van der Waals surface area contributed by atoms with E-state index in [0.717, 1.165) is 22.1 Å². The molecule has 0 heterocycles. The van der Waals surface area contributed by atoms with E-state index in [4.69, 9.17) is 0 Å². The van der Waals surface area contributed by atoms with E-state index in [1.165, 1.54) is 11.1 Å². The lowest BCUT2D eigenvalue weighted by molar-refractivity contribution is -0.116. The highest BCUT2D eigenvalue weighted by Crippen LogP contribution is 2.23. The van der Waals surface area contributed by atoms with Crippen LogP contribution in [-0.2, 0) is 16.6 Å². The molecule has 2 nitrogen and oxygen atoms in total. The lowest BCUT2D eigenvalue weighted by atomic mass is 9.86. The van der Waals surface area contributed by atoms with Gasteiger partial charge >= 0.3 is 0 Å². The van der Waals surface area contributed by atoms with Gasteiger partial charge in [-0.1, -0.05) is 61.0 Å². The first-order chi connectivity index (χ1) is 10.8. The fourth-order valence-electron chi connectivity index (χ4n) is 2.38. The van der Waals surface area contributed by atoms with E-state index in [2.05, 4.69) is 66.3 Å². The molecule has 0 aromatic heterocycles. The molecule has 2 rings (SSSR count). The van der Waals surface area contributed by atoms with Crippen LogP contribution < -0.4 is 5.32 Å². The Morgan fingerprint density at radius 3 is 2.30 bits per heavy atom. The quantitative estimate of drug-likeness (QED) is 0.739. The van der Waals surface area contributed by atoms with Crippen LogP contribution in [0.25, 0.3) is 0 Å². The summed E-state index contributed by atoms with van der Waals surface area (Å²) in [5, 5.41) is 2.96. The molecule has 122 valence electrons. The highest BCUT2D eigenvalue weighted by molar-refractivity contribution is 9.10. The summed E-state index contributed by atoms with van der Waals surface area (Å²) in [7, 11) is 0. The van der Waals surface area contributed by atoms with Gasteiger partial charge in [0.1, 0.15) is 0 Å². The van der Waals surface area contributed by atoms with Crippen molar-refractivity contribution >= 4 is 27.5 Å². The Kier molecular flexibility index (Phi) is 5.64. The van der Waals surface area contributed by atoms with E-state index in [1.54, 1.807) is 0 Å². The van der Waals surface area contributed by atoms with Crippen LogP contribution in [0.5, 0.6) is 0 Å². The van der Waals surface area contributed by atoms with Crippen molar-refractivity contribution in [3.8, 4) is 0 Å². The maximum atomic E-state index is 12.1. The Bertz CT molecular complexity index is 684. The molecule has 0 spiro atoms. The number of aryl methyl sites for hydroxylation is 2. The number of halogens is 1. The summed E-state index contributed by atoms with van der Waals surface area (Å²) in [6.07, 6.45) is 1.25. The molecule has 0 aliphatic heterocycles. The fraction of sp³-hybridized carbons (Fsp3) is 0.350. The molecule has 0 fully saturated rings. The maximum Gasteiger partial charge on any atom is 0.224 e. The number of carbonyl (C=O) groups is 1. The number of carbonyl (C=O) groups excluding carboxylic acids is 1. The van der Waals surface area contributed by atoms with Crippen LogP contribution in [0.2, 0.25) is 0 Å². The smallest absolute Gasteiger partial charge is 0.224 e. The Balaban J connectivity index is 1.90. The molecule has 0 unspecified atom stereocenters. The van der Waals surface area contributed by atoms with Crippen molar-refractivity contribution in [2.75, 3.05) is 5.32 Å². The second-order valence-electron chi connectivity index (χ2n) is 6.96.